The van der Waals surface area contributed by atoms with Crippen molar-refractivity contribution in [1.29, 1.82) is 0 Å². The van der Waals surface area contributed by atoms with Crippen LogP contribution >= 0.6 is 0 Å². The van der Waals surface area contributed by atoms with Crippen molar-refractivity contribution in [3.63, 3.8) is 0 Å². The second-order valence-electron chi connectivity index (χ2n) is 4.79. The minimum atomic E-state index is -1.06. The van der Waals surface area contributed by atoms with Crippen molar-refractivity contribution in [2.45, 2.75) is 19.4 Å². The number of carbonyl (C=O) groups excluding carboxylic acids is 1. The number of carboxylic acid groups (broad SMARTS) is 1. The van der Waals surface area contributed by atoms with Gasteiger partial charge < -0.3 is 10.4 Å². The maximum absolute atomic E-state index is 12.0. The number of aromatic nitrogens is 1. The zero-order valence-electron chi connectivity index (χ0n) is 11.6. The van der Waals surface area contributed by atoms with Gasteiger partial charge in [0.1, 0.15) is 6.04 Å². The van der Waals surface area contributed by atoms with E-state index < -0.39 is 17.9 Å². The van der Waals surface area contributed by atoms with Gasteiger partial charge in [0.25, 0.3) is 5.91 Å². The van der Waals surface area contributed by atoms with E-state index in [9.17, 15) is 14.7 Å². The van der Waals surface area contributed by atoms with Crippen LogP contribution in [0, 0.1) is 6.92 Å². The van der Waals surface area contributed by atoms with Gasteiger partial charge in [-0.2, -0.15) is 0 Å². The molecule has 1 amide bonds. The first-order valence-corrected chi connectivity index (χ1v) is 6.55. The number of benzene rings is 1. The third-order valence-corrected chi connectivity index (χ3v) is 3.11. The van der Waals surface area contributed by atoms with Crippen molar-refractivity contribution < 1.29 is 14.7 Å². The third kappa shape index (κ3) is 4.14. The number of aliphatic carboxylic acids is 1. The fraction of sp³-hybridized carbons (Fsp3) is 0.188. The number of hydrogen-bond acceptors (Lipinski definition) is 3. The van der Waals surface area contributed by atoms with Crippen molar-refractivity contribution in [3.05, 3.63) is 65.5 Å². The molecule has 2 N–H and O–H groups in total. The predicted octanol–water partition coefficient (Wildman–Crippen LogP) is 1.82. The largest absolute Gasteiger partial charge is 0.480 e. The van der Waals surface area contributed by atoms with E-state index in [1.807, 2.05) is 31.2 Å². The summed E-state index contributed by atoms with van der Waals surface area (Å²) in [5.41, 5.74) is 2.36. The van der Waals surface area contributed by atoms with Crippen LogP contribution in [0.1, 0.15) is 21.5 Å². The lowest BCUT2D eigenvalue weighted by atomic mass is 10.0. The molecule has 1 atom stereocenters. The van der Waals surface area contributed by atoms with E-state index in [1.165, 1.54) is 12.4 Å². The van der Waals surface area contributed by atoms with Crippen molar-refractivity contribution >= 4 is 11.9 Å². The maximum atomic E-state index is 12.0. The molecule has 0 aliphatic heterocycles. The average Bonchev–Trinajstić information content (AvgIpc) is 2.49. The monoisotopic (exact) mass is 284 g/mol. The molecule has 1 heterocycles. The molecule has 0 bridgehead atoms. The summed E-state index contributed by atoms with van der Waals surface area (Å²) in [6, 6.07) is 9.68. The zero-order valence-corrected chi connectivity index (χ0v) is 11.6. The van der Waals surface area contributed by atoms with Gasteiger partial charge in [0.2, 0.25) is 0 Å². The molecule has 0 saturated heterocycles. The van der Waals surface area contributed by atoms with Crippen LogP contribution in [0.25, 0.3) is 0 Å². The van der Waals surface area contributed by atoms with Crippen LogP contribution in [-0.4, -0.2) is 28.0 Å². The maximum Gasteiger partial charge on any atom is 0.326 e. The Hall–Kier alpha value is -2.69. The van der Waals surface area contributed by atoms with Crippen LogP contribution in [0.4, 0.5) is 0 Å². The number of nitrogens with one attached hydrogen (secondary N) is 1. The minimum absolute atomic E-state index is 0.242. The van der Waals surface area contributed by atoms with Crippen LogP contribution in [0.15, 0.2) is 48.8 Å². The van der Waals surface area contributed by atoms with Gasteiger partial charge in [-0.25, -0.2) is 4.79 Å². The van der Waals surface area contributed by atoms with E-state index >= 15 is 0 Å². The molecular weight excluding hydrogens is 268 g/mol. The smallest absolute Gasteiger partial charge is 0.326 e. The van der Waals surface area contributed by atoms with E-state index in [-0.39, 0.29) is 6.42 Å². The number of rotatable bonds is 5. The topological polar surface area (TPSA) is 79.3 Å². The molecule has 0 aliphatic carbocycles. The molecule has 0 saturated carbocycles. The van der Waals surface area contributed by atoms with Gasteiger partial charge in [0.15, 0.2) is 0 Å². The highest BCUT2D eigenvalue weighted by atomic mass is 16.4. The second-order valence-corrected chi connectivity index (χ2v) is 4.79. The Morgan fingerprint density at radius 1 is 1.14 bits per heavy atom. The van der Waals surface area contributed by atoms with E-state index in [2.05, 4.69) is 10.3 Å². The number of hydrogen-bond donors (Lipinski definition) is 2. The first kappa shape index (κ1) is 14.7. The van der Waals surface area contributed by atoms with Crippen LogP contribution in [0.3, 0.4) is 0 Å². The summed E-state index contributed by atoms with van der Waals surface area (Å²) < 4.78 is 0. The first-order chi connectivity index (χ1) is 10.1. The van der Waals surface area contributed by atoms with Crippen molar-refractivity contribution in [1.82, 2.24) is 10.3 Å². The quantitative estimate of drug-likeness (QED) is 0.877. The van der Waals surface area contributed by atoms with Gasteiger partial charge in [0.05, 0.1) is 0 Å². The van der Waals surface area contributed by atoms with Crippen LogP contribution in [0.2, 0.25) is 0 Å². The molecule has 5 heteroatoms. The Morgan fingerprint density at radius 2 is 1.76 bits per heavy atom. The molecule has 1 aromatic carbocycles. The fourth-order valence-electron chi connectivity index (χ4n) is 1.90. The fourth-order valence-corrected chi connectivity index (χ4v) is 1.90. The van der Waals surface area contributed by atoms with Crippen LogP contribution < -0.4 is 5.32 Å². The van der Waals surface area contributed by atoms with Gasteiger partial charge in [-0.1, -0.05) is 29.8 Å². The summed E-state index contributed by atoms with van der Waals surface area (Å²) in [5.74, 6) is -1.48. The van der Waals surface area contributed by atoms with Gasteiger partial charge in [-0.05, 0) is 24.6 Å². The number of carboxylic acids is 1. The number of aryl methyl sites for hydroxylation is 1. The Bertz CT molecular complexity index is 624. The summed E-state index contributed by atoms with van der Waals surface area (Å²) in [5, 5.41) is 11.8. The molecule has 1 aromatic heterocycles. The van der Waals surface area contributed by atoms with Crippen LogP contribution in [-0.2, 0) is 11.2 Å². The lowest BCUT2D eigenvalue weighted by Gasteiger charge is -2.14. The normalized spacial score (nSPS) is 11.7. The molecule has 0 unspecified atom stereocenters. The Kier molecular flexibility index (Phi) is 4.66. The number of carbonyl (C=O) groups is 2. The van der Waals surface area contributed by atoms with Gasteiger partial charge in [0, 0.05) is 24.4 Å². The van der Waals surface area contributed by atoms with Crippen LogP contribution in [0.5, 0.6) is 0 Å². The molecule has 2 aromatic rings. The Labute approximate surface area is 122 Å². The van der Waals surface area contributed by atoms with Crippen molar-refractivity contribution in [3.8, 4) is 0 Å². The molecule has 108 valence electrons. The van der Waals surface area contributed by atoms with Crippen molar-refractivity contribution in [2.24, 2.45) is 0 Å². The zero-order chi connectivity index (χ0) is 15.2. The predicted molar refractivity (Wildman–Crippen MR) is 78.0 cm³/mol. The Balaban J connectivity index is 2.07. The average molecular weight is 284 g/mol. The molecular formula is C16H16N2O3. The Morgan fingerprint density at radius 3 is 2.33 bits per heavy atom. The highest BCUT2D eigenvalue weighted by Crippen LogP contribution is 2.07. The summed E-state index contributed by atoms with van der Waals surface area (Å²) in [6.45, 7) is 1.96. The molecule has 21 heavy (non-hydrogen) atoms. The summed E-state index contributed by atoms with van der Waals surface area (Å²) >= 11 is 0. The number of pyridine rings is 1. The highest BCUT2D eigenvalue weighted by Gasteiger charge is 2.21. The second kappa shape index (κ2) is 6.65. The van der Waals surface area contributed by atoms with Crippen molar-refractivity contribution in [2.75, 3.05) is 0 Å². The number of nitrogens with zero attached hydrogens (tertiary/aromatic N) is 1. The van der Waals surface area contributed by atoms with Gasteiger partial charge in [-0.15, -0.1) is 0 Å². The molecule has 0 radical (unpaired) electrons. The lowest BCUT2D eigenvalue weighted by molar-refractivity contribution is -0.139. The minimum Gasteiger partial charge on any atom is -0.480 e. The first-order valence-electron chi connectivity index (χ1n) is 6.55. The summed E-state index contributed by atoms with van der Waals surface area (Å²) in [7, 11) is 0. The molecule has 0 fully saturated rings. The van der Waals surface area contributed by atoms with Gasteiger partial charge in [-0.3, -0.25) is 9.78 Å². The molecule has 0 spiro atoms. The van der Waals surface area contributed by atoms with E-state index in [4.69, 9.17) is 0 Å². The molecule has 5 nitrogen and oxygen atoms in total. The van der Waals surface area contributed by atoms with E-state index in [1.54, 1.807) is 12.1 Å². The van der Waals surface area contributed by atoms with E-state index in [0.717, 1.165) is 11.1 Å². The number of amides is 1. The lowest BCUT2D eigenvalue weighted by Crippen LogP contribution is -2.42. The standard InChI is InChI=1S/C16H16N2O3/c1-11-2-4-12(5-3-11)10-14(16(20)21)18-15(19)13-6-8-17-9-7-13/h2-9,14H,10H2,1H3,(H,18,19)(H,20,21)/t14-/m0/s1. The third-order valence-electron chi connectivity index (χ3n) is 3.11. The summed E-state index contributed by atoms with van der Waals surface area (Å²) in [6.07, 6.45) is 3.22. The van der Waals surface area contributed by atoms with Gasteiger partial charge >= 0.3 is 5.97 Å². The molecule has 0 aliphatic rings. The highest BCUT2D eigenvalue weighted by molar-refractivity contribution is 5.96. The van der Waals surface area contributed by atoms with E-state index in [0.29, 0.717) is 5.56 Å². The summed E-state index contributed by atoms with van der Waals surface area (Å²) in [4.78, 5) is 27.1. The molecule has 2 rings (SSSR count). The SMILES string of the molecule is Cc1ccc(C[C@H](NC(=O)c2ccncc2)C(=O)O)cc1.